The first-order valence-corrected chi connectivity index (χ1v) is 2.99. The number of aliphatic carboxylic acids is 2. The molecule has 0 fully saturated rings. The number of rotatable bonds is 2. The van der Waals surface area contributed by atoms with Crippen molar-refractivity contribution in [2.45, 2.75) is 6.92 Å². The van der Waals surface area contributed by atoms with Crippen molar-refractivity contribution in [2.75, 3.05) is 0 Å². The van der Waals surface area contributed by atoms with Crippen LogP contribution in [0.15, 0.2) is 24.8 Å². The van der Waals surface area contributed by atoms with Gasteiger partial charge in [-0.1, -0.05) is 13.2 Å². The van der Waals surface area contributed by atoms with Gasteiger partial charge >= 0.3 is 11.9 Å². The highest BCUT2D eigenvalue weighted by Gasteiger charge is 1.90. The Hall–Kier alpha value is -1.66. The summed E-state index contributed by atoms with van der Waals surface area (Å²) in [6.45, 7) is 7.56. The second-order valence-corrected chi connectivity index (χ2v) is 1.63. The molecule has 0 aliphatic heterocycles. The number of carboxylic acid groups (broad SMARTS) is 2. The van der Waals surface area contributed by atoms with Gasteiger partial charge in [0.1, 0.15) is 0 Å². The zero-order valence-electron chi connectivity index (χ0n) is 7.36. The Morgan fingerprint density at radius 3 is 1.46 bits per heavy atom. The normalized spacial score (nSPS) is 6.38. The molecule has 0 amide bonds. The number of hydrogen-bond acceptors (Lipinski definition) is 4. The van der Waals surface area contributed by atoms with E-state index in [9.17, 15) is 9.59 Å². The third-order valence-electron chi connectivity index (χ3n) is 0.540. The van der Waals surface area contributed by atoms with Crippen LogP contribution in [0.4, 0.5) is 0 Å². The van der Waals surface area contributed by atoms with Crippen molar-refractivity contribution in [1.29, 1.82) is 0 Å². The van der Waals surface area contributed by atoms with Gasteiger partial charge in [-0.15, -0.1) is 0 Å². The summed E-state index contributed by atoms with van der Waals surface area (Å²) in [7, 11) is 0. The summed E-state index contributed by atoms with van der Waals surface area (Å²) in [6.07, 6.45) is 0.833. The predicted molar refractivity (Wildman–Crippen MR) is 48.7 cm³/mol. The van der Waals surface area contributed by atoms with Crippen molar-refractivity contribution >= 4 is 11.9 Å². The van der Waals surface area contributed by atoms with Crippen molar-refractivity contribution in [3.8, 4) is 0 Å². The van der Waals surface area contributed by atoms with Crippen molar-refractivity contribution in [3.05, 3.63) is 24.8 Å². The van der Waals surface area contributed by atoms with E-state index in [0.717, 1.165) is 6.08 Å². The molecular formula is C7H14N2O4. The molecule has 0 aliphatic rings. The van der Waals surface area contributed by atoms with Crippen LogP contribution in [-0.2, 0) is 9.59 Å². The smallest absolute Gasteiger partial charge is 0.330 e. The van der Waals surface area contributed by atoms with Crippen molar-refractivity contribution in [1.82, 2.24) is 0 Å². The number of hydrazine groups is 1. The summed E-state index contributed by atoms with van der Waals surface area (Å²) in [5.74, 6) is 6.08. The average Bonchev–Trinajstić information content (AvgIpc) is 2.09. The number of carbonyl (C=O) groups is 2. The highest BCUT2D eigenvalue weighted by Crippen LogP contribution is 1.81. The highest BCUT2D eigenvalue weighted by atomic mass is 16.4. The van der Waals surface area contributed by atoms with Crippen LogP contribution in [-0.4, -0.2) is 22.2 Å². The first-order valence-electron chi connectivity index (χ1n) is 2.99. The Kier molecular flexibility index (Phi) is 17.4. The molecule has 0 aliphatic carbocycles. The van der Waals surface area contributed by atoms with Gasteiger partial charge in [0.05, 0.1) is 0 Å². The molecule has 6 N–H and O–H groups in total. The van der Waals surface area contributed by atoms with E-state index in [4.69, 9.17) is 10.2 Å². The third-order valence-corrected chi connectivity index (χ3v) is 0.540. The maximum absolute atomic E-state index is 9.60. The zero-order chi connectivity index (χ0) is 11.4. The van der Waals surface area contributed by atoms with Crippen LogP contribution >= 0.6 is 0 Å². The second-order valence-electron chi connectivity index (χ2n) is 1.63. The van der Waals surface area contributed by atoms with E-state index >= 15 is 0 Å². The Balaban J connectivity index is -0.000000131. The Bertz CT molecular complexity index is 177. The first-order chi connectivity index (χ1) is 5.91. The van der Waals surface area contributed by atoms with Crippen LogP contribution in [0.25, 0.3) is 0 Å². The molecule has 76 valence electrons. The van der Waals surface area contributed by atoms with Gasteiger partial charge in [-0.25, -0.2) is 9.59 Å². The predicted octanol–water partition coefficient (Wildman–Crippen LogP) is -0.277. The van der Waals surface area contributed by atoms with Crippen LogP contribution in [0.3, 0.4) is 0 Å². The Morgan fingerprint density at radius 1 is 1.31 bits per heavy atom. The summed E-state index contributed by atoms with van der Waals surface area (Å²) < 4.78 is 0. The number of carboxylic acids is 2. The van der Waals surface area contributed by atoms with Gasteiger partial charge in [-0.3, -0.25) is 11.7 Å². The maximum atomic E-state index is 9.60. The molecule has 0 bridgehead atoms. The fourth-order valence-corrected chi connectivity index (χ4v) is 0. The van der Waals surface area contributed by atoms with Crippen molar-refractivity contribution in [3.63, 3.8) is 0 Å². The molecule has 0 atom stereocenters. The van der Waals surface area contributed by atoms with Gasteiger partial charge < -0.3 is 10.2 Å². The summed E-state index contributed by atoms with van der Waals surface area (Å²) >= 11 is 0. The standard InChI is InChI=1S/C4H6O2.C3H4O2.H4N2/c1-3(2)4(5)6;1-2-3(4)5;1-2/h1H2,2H3,(H,5,6);2H,1H2,(H,4,5);1-2H2. The van der Waals surface area contributed by atoms with E-state index in [-0.39, 0.29) is 5.57 Å². The first kappa shape index (κ1) is 17.4. The van der Waals surface area contributed by atoms with E-state index in [2.05, 4.69) is 24.8 Å². The van der Waals surface area contributed by atoms with Crippen LogP contribution in [0, 0.1) is 0 Å². The van der Waals surface area contributed by atoms with Gasteiger partial charge in [-0.2, -0.15) is 0 Å². The molecule has 13 heavy (non-hydrogen) atoms. The van der Waals surface area contributed by atoms with Crippen LogP contribution in [0.2, 0.25) is 0 Å². The molecule has 6 heteroatoms. The molecule has 0 saturated carbocycles. The lowest BCUT2D eigenvalue weighted by Crippen LogP contribution is -2.02. The molecule has 0 aromatic rings. The molecule has 0 aromatic heterocycles. The minimum atomic E-state index is -0.981. The van der Waals surface area contributed by atoms with Gasteiger partial charge in [0.15, 0.2) is 0 Å². The molecule has 0 radical (unpaired) electrons. The molecule has 0 saturated heterocycles. The monoisotopic (exact) mass is 190 g/mol. The molecule has 6 nitrogen and oxygen atoms in total. The molecule has 0 unspecified atom stereocenters. The van der Waals surface area contributed by atoms with E-state index in [1.165, 1.54) is 6.92 Å². The average molecular weight is 190 g/mol. The molecule has 0 rings (SSSR count). The topological polar surface area (TPSA) is 127 Å². The van der Waals surface area contributed by atoms with Gasteiger partial charge in [0.2, 0.25) is 0 Å². The SMILES string of the molecule is C=C(C)C(=O)O.C=CC(=O)O.NN. The van der Waals surface area contributed by atoms with Crippen LogP contribution in [0.1, 0.15) is 6.92 Å². The summed E-state index contributed by atoms with van der Waals surface area (Å²) in [5.41, 5.74) is 0.176. The number of hydrogen-bond donors (Lipinski definition) is 4. The lowest BCUT2D eigenvalue weighted by Gasteiger charge is -1.79. The van der Waals surface area contributed by atoms with Crippen molar-refractivity contribution in [2.24, 2.45) is 11.7 Å². The number of nitrogens with two attached hydrogens (primary N) is 2. The Morgan fingerprint density at radius 2 is 1.46 bits per heavy atom. The van der Waals surface area contributed by atoms with Crippen LogP contribution in [0.5, 0.6) is 0 Å². The maximum Gasteiger partial charge on any atom is 0.330 e. The second kappa shape index (κ2) is 13.0. The van der Waals surface area contributed by atoms with Gasteiger partial charge in [0, 0.05) is 11.6 Å². The molecular weight excluding hydrogens is 176 g/mol. The highest BCUT2D eigenvalue weighted by molar-refractivity contribution is 5.84. The van der Waals surface area contributed by atoms with E-state index < -0.39 is 11.9 Å². The lowest BCUT2D eigenvalue weighted by atomic mass is 10.4. The van der Waals surface area contributed by atoms with Crippen molar-refractivity contribution < 1.29 is 19.8 Å². The fourth-order valence-electron chi connectivity index (χ4n) is 0. The fraction of sp³-hybridized carbons (Fsp3) is 0.143. The Labute approximate surface area is 76.1 Å². The molecule has 0 aromatic carbocycles. The molecule has 0 spiro atoms. The third kappa shape index (κ3) is 38.2. The van der Waals surface area contributed by atoms with Crippen LogP contribution < -0.4 is 11.7 Å². The van der Waals surface area contributed by atoms with Gasteiger partial charge in [0.25, 0.3) is 0 Å². The minimum absolute atomic E-state index is 0.176. The molecule has 0 heterocycles. The van der Waals surface area contributed by atoms with Gasteiger partial charge in [-0.05, 0) is 6.92 Å². The zero-order valence-corrected chi connectivity index (χ0v) is 7.36. The van der Waals surface area contributed by atoms with E-state index in [1.54, 1.807) is 0 Å². The van der Waals surface area contributed by atoms with E-state index in [0.29, 0.717) is 0 Å². The quantitative estimate of drug-likeness (QED) is 0.269. The summed E-state index contributed by atoms with van der Waals surface area (Å²) in [5, 5.41) is 15.5. The van der Waals surface area contributed by atoms with E-state index in [1.807, 2.05) is 0 Å². The minimum Gasteiger partial charge on any atom is -0.478 e. The lowest BCUT2D eigenvalue weighted by molar-refractivity contribution is -0.133. The largest absolute Gasteiger partial charge is 0.478 e. The summed E-state index contributed by atoms with van der Waals surface area (Å²) in [6, 6.07) is 0. The summed E-state index contributed by atoms with van der Waals surface area (Å²) in [4.78, 5) is 18.8.